The van der Waals surface area contributed by atoms with Gasteiger partial charge < -0.3 is 14.8 Å². The molecule has 0 radical (unpaired) electrons. The van der Waals surface area contributed by atoms with Gasteiger partial charge in [-0.25, -0.2) is 4.79 Å². The molecule has 3 aromatic rings. The van der Waals surface area contributed by atoms with Crippen LogP contribution in [0.2, 0.25) is 10.0 Å². The van der Waals surface area contributed by atoms with E-state index in [1.807, 2.05) is 0 Å². The number of halogens is 2. The van der Waals surface area contributed by atoms with Gasteiger partial charge in [-0.3, -0.25) is 14.7 Å². The van der Waals surface area contributed by atoms with E-state index in [1.165, 1.54) is 21.3 Å². The summed E-state index contributed by atoms with van der Waals surface area (Å²) in [6.07, 6.45) is 0. The Morgan fingerprint density at radius 3 is 2.44 bits per heavy atom. The molecule has 0 atom stereocenters. The third-order valence-electron chi connectivity index (χ3n) is 4.24. The first-order valence-electron chi connectivity index (χ1n) is 9.15. The minimum absolute atomic E-state index is 0.0673. The maximum Gasteiger partial charge on any atom is 0.321 e. The largest absolute Gasteiger partial charge is 0.496 e. The molecule has 0 fully saturated rings. The normalized spacial score (nSPS) is 10.5. The fourth-order valence-corrected chi connectivity index (χ4v) is 3.95. The van der Waals surface area contributed by atoms with Crippen LogP contribution in [0.1, 0.15) is 0 Å². The fourth-order valence-electron chi connectivity index (χ4n) is 2.78. The first kappa shape index (κ1) is 23.7. The van der Waals surface area contributed by atoms with Crippen molar-refractivity contribution >= 4 is 46.9 Å². The SMILES string of the molecule is CNC(=O)NC(=O)CSc1nnc(-c2cc(Cl)ccc2OC)n1-c1ccc(OC)c(Cl)c1. The van der Waals surface area contributed by atoms with Crippen molar-refractivity contribution in [3.05, 3.63) is 46.4 Å². The maximum atomic E-state index is 12.1. The van der Waals surface area contributed by atoms with Crippen molar-refractivity contribution in [2.24, 2.45) is 0 Å². The van der Waals surface area contributed by atoms with Crippen LogP contribution in [0, 0.1) is 0 Å². The van der Waals surface area contributed by atoms with Gasteiger partial charge in [0.25, 0.3) is 0 Å². The number of hydrogen-bond acceptors (Lipinski definition) is 7. The van der Waals surface area contributed by atoms with E-state index >= 15 is 0 Å². The molecule has 0 aliphatic heterocycles. The highest BCUT2D eigenvalue weighted by Crippen LogP contribution is 2.36. The number of amides is 3. The van der Waals surface area contributed by atoms with Crippen LogP contribution in [0.15, 0.2) is 41.6 Å². The average molecular weight is 496 g/mol. The molecule has 0 unspecified atom stereocenters. The lowest BCUT2D eigenvalue weighted by atomic mass is 10.2. The van der Waals surface area contributed by atoms with Crippen molar-refractivity contribution in [3.8, 4) is 28.6 Å². The number of nitrogens with one attached hydrogen (secondary N) is 2. The topological polar surface area (TPSA) is 107 Å². The number of nitrogens with zero attached hydrogens (tertiary/aromatic N) is 3. The summed E-state index contributed by atoms with van der Waals surface area (Å²) in [4.78, 5) is 23.4. The predicted molar refractivity (Wildman–Crippen MR) is 123 cm³/mol. The van der Waals surface area contributed by atoms with E-state index in [2.05, 4.69) is 20.8 Å². The van der Waals surface area contributed by atoms with Gasteiger partial charge >= 0.3 is 6.03 Å². The van der Waals surface area contributed by atoms with Crippen LogP contribution in [-0.2, 0) is 4.79 Å². The number of imide groups is 1. The fraction of sp³-hybridized carbons (Fsp3) is 0.200. The zero-order valence-corrected chi connectivity index (χ0v) is 19.6. The zero-order valence-electron chi connectivity index (χ0n) is 17.3. The molecule has 168 valence electrons. The molecule has 0 saturated heterocycles. The predicted octanol–water partition coefficient (Wildman–Crippen LogP) is 3.81. The molecular formula is C20H19Cl2N5O4S. The highest BCUT2D eigenvalue weighted by atomic mass is 35.5. The third kappa shape index (κ3) is 5.26. The molecule has 0 bridgehead atoms. The summed E-state index contributed by atoms with van der Waals surface area (Å²) in [5.41, 5.74) is 1.23. The van der Waals surface area contributed by atoms with Crippen molar-refractivity contribution in [1.82, 2.24) is 25.4 Å². The second-order valence-electron chi connectivity index (χ2n) is 6.22. The zero-order chi connectivity index (χ0) is 23.3. The van der Waals surface area contributed by atoms with Gasteiger partial charge in [0.2, 0.25) is 5.91 Å². The standard InChI is InChI=1S/C20H19Cl2N5O4S/c1-23-19(29)24-17(28)10-32-20-26-25-18(13-8-11(21)4-6-15(13)30-2)27(20)12-5-7-16(31-3)14(22)9-12/h4-9H,10H2,1-3H3,(H2,23,24,28,29). The molecular weight excluding hydrogens is 477 g/mol. The number of thioether (sulfide) groups is 1. The quantitative estimate of drug-likeness (QED) is 0.479. The average Bonchev–Trinajstić information content (AvgIpc) is 3.21. The molecule has 0 aliphatic rings. The molecule has 2 N–H and O–H groups in total. The molecule has 3 rings (SSSR count). The van der Waals surface area contributed by atoms with Crippen molar-refractivity contribution < 1.29 is 19.1 Å². The Morgan fingerprint density at radius 2 is 1.78 bits per heavy atom. The molecule has 2 aromatic carbocycles. The van der Waals surface area contributed by atoms with Gasteiger partial charge in [0.05, 0.1) is 36.2 Å². The molecule has 0 saturated carbocycles. The van der Waals surface area contributed by atoms with Crippen LogP contribution < -0.4 is 20.1 Å². The van der Waals surface area contributed by atoms with Gasteiger partial charge in [-0.05, 0) is 36.4 Å². The third-order valence-corrected chi connectivity index (χ3v) is 5.70. The van der Waals surface area contributed by atoms with Crippen LogP contribution in [0.4, 0.5) is 4.79 Å². The number of rotatable bonds is 7. The Labute approximate surface area is 198 Å². The minimum atomic E-state index is -0.594. The molecule has 1 aromatic heterocycles. The van der Waals surface area contributed by atoms with E-state index in [0.29, 0.717) is 43.8 Å². The smallest absolute Gasteiger partial charge is 0.321 e. The number of carbonyl (C=O) groups is 2. The Morgan fingerprint density at radius 1 is 1.06 bits per heavy atom. The van der Waals surface area contributed by atoms with E-state index in [4.69, 9.17) is 32.7 Å². The molecule has 3 amide bonds. The van der Waals surface area contributed by atoms with E-state index in [1.54, 1.807) is 41.0 Å². The van der Waals surface area contributed by atoms with Crippen molar-refractivity contribution in [2.45, 2.75) is 5.16 Å². The number of carbonyl (C=O) groups excluding carboxylic acids is 2. The van der Waals surface area contributed by atoms with Crippen LogP contribution in [0.25, 0.3) is 17.1 Å². The first-order chi connectivity index (χ1) is 15.4. The molecule has 9 nitrogen and oxygen atoms in total. The lowest BCUT2D eigenvalue weighted by Crippen LogP contribution is -2.38. The lowest BCUT2D eigenvalue weighted by Gasteiger charge is -2.14. The number of hydrogen-bond donors (Lipinski definition) is 2. The van der Waals surface area contributed by atoms with Gasteiger partial charge in [0.1, 0.15) is 11.5 Å². The van der Waals surface area contributed by atoms with Gasteiger partial charge in [0, 0.05) is 12.1 Å². The number of benzene rings is 2. The van der Waals surface area contributed by atoms with Crippen molar-refractivity contribution in [1.29, 1.82) is 0 Å². The summed E-state index contributed by atoms with van der Waals surface area (Å²) < 4.78 is 12.4. The van der Waals surface area contributed by atoms with E-state index in [0.717, 1.165) is 11.8 Å². The van der Waals surface area contributed by atoms with E-state index in [9.17, 15) is 9.59 Å². The van der Waals surface area contributed by atoms with E-state index < -0.39 is 11.9 Å². The van der Waals surface area contributed by atoms with Crippen LogP contribution in [0.3, 0.4) is 0 Å². The molecule has 32 heavy (non-hydrogen) atoms. The Bertz CT molecular complexity index is 1160. The second-order valence-corrected chi connectivity index (χ2v) is 8.01. The highest BCUT2D eigenvalue weighted by molar-refractivity contribution is 7.99. The number of ether oxygens (including phenoxy) is 2. The molecule has 0 aliphatic carbocycles. The molecule has 0 spiro atoms. The number of urea groups is 1. The van der Waals surface area contributed by atoms with Gasteiger partial charge in [-0.2, -0.15) is 0 Å². The summed E-state index contributed by atoms with van der Waals surface area (Å²) in [5.74, 6) is 0.918. The Kier molecular flexibility index (Phi) is 7.84. The Hall–Kier alpha value is -2.95. The van der Waals surface area contributed by atoms with E-state index in [-0.39, 0.29) is 5.75 Å². The number of methoxy groups -OCH3 is 2. The van der Waals surface area contributed by atoms with Gasteiger partial charge in [-0.1, -0.05) is 35.0 Å². The van der Waals surface area contributed by atoms with Crippen LogP contribution in [0.5, 0.6) is 11.5 Å². The highest BCUT2D eigenvalue weighted by Gasteiger charge is 2.21. The first-order valence-corrected chi connectivity index (χ1v) is 10.9. The van der Waals surface area contributed by atoms with Crippen LogP contribution >= 0.6 is 35.0 Å². The van der Waals surface area contributed by atoms with Gasteiger partial charge in [0.15, 0.2) is 11.0 Å². The van der Waals surface area contributed by atoms with Crippen molar-refractivity contribution in [2.75, 3.05) is 27.0 Å². The van der Waals surface area contributed by atoms with Crippen molar-refractivity contribution in [3.63, 3.8) is 0 Å². The Balaban J connectivity index is 2.07. The van der Waals surface area contributed by atoms with Crippen LogP contribution in [-0.4, -0.2) is 53.7 Å². The summed E-state index contributed by atoms with van der Waals surface area (Å²) in [5, 5.41) is 14.4. The second kappa shape index (κ2) is 10.6. The summed E-state index contributed by atoms with van der Waals surface area (Å²) >= 11 is 13.7. The summed E-state index contributed by atoms with van der Waals surface area (Å²) in [6.45, 7) is 0. The molecule has 1 heterocycles. The van der Waals surface area contributed by atoms with Gasteiger partial charge in [-0.15, -0.1) is 10.2 Å². The monoisotopic (exact) mass is 495 g/mol. The summed E-state index contributed by atoms with van der Waals surface area (Å²) in [7, 11) is 4.48. The minimum Gasteiger partial charge on any atom is -0.496 e. The summed E-state index contributed by atoms with van der Waals surface area (Å²) in [6, 6.07) is 9.72. The molecule has 12 heteroatoms. The maximum absolute atomic E-state index is 12.1. The lowest BCUT2D eigenvalue weighted by molar-refractivity contribution is -0.117. The number of aromatic nitrogens is 3.